The molecule has 0 atom stereocenters. The minimum absolute atomic E-state index is 0.117. The van der Waals surface area contributed by atoms with Crippen LogP contribution in [0.15, 0.2) is 36.4 Å². The third-order valence-corrected chi connectivity index (χ3v) is 3.67. The average Bonchev–Trinajstić information content (AvgIpc) is 2.43. The third kappa shape index (κ3) is 3.23. The van der Waals surface area contributed by atoms with E-state index in [1.807, 2.05) is 13.0 Å². The van der Waals surface area contributed by atoms with Crippen LogP contribution in [-0.2, 0) is 0 Å². The molecule has 0 bridgehead atoms. The molecule has 0 aliphatic rings. The molecule has 0 saturated heterocycles. The van der Waals surface area contributed by atoms with Gasteiger partial charge in [-0.25, -0.2) is 4.79 Å². The normalized spacial score (nSPS) is 10.2. The second-order valence-electron chi connectivity index (χ2n) is 4.73. The number of aryl methyl sites for hydroxylation is 2. The van der Waals surface area contributed by atoms with Gasteiger partial charge in [-0.1, -0.05) is 29.8 Å². The zero-order valence-electron chi connectivity index (χ0n) is 11.6. The van der Waals surface area contributed by atoms with Crippen molar-refractivity contribution in [1.29, 1.82) is 0 Å². The summed E-state index contributed by atoms with van der Waals surface area (Å²) in [4.78, 5) is 23.3. The predicted molar refractivity (Wildman–Crippen MR) is 82.3 cm³/mol. The van der Waals surface area contributed by atoms with Gasteiger partial charge >= 0.3 is 5.97 Å². The van der Waals surface area contributed by atoms with Crippen molar-refractivity contribution >= 4 is 29.2 Å². The minimum atomic E-state index is -1.04. The zero-order chi connectivity index (χ0) is 15.6. The van der Waals surface area contributed by atoms with Crippen molar-refractivity contribution in [3.63, 3.8) is 0 Å². The molecule has 2 rings (SSSR count). The van der Waals surface area contributed by atoms with Crippen molar-refractivity contribution in [3.05, 3.63) is 63.7 Å². The third-order valence-electron chi connectivity index (χ3n) is 3.17. The fourth-order valence-electron chi connectivity index (χ4n) is 1.90. The molecule has 0 aliphatic carbocycles. The standard InChI is InChI=1S/C16H14ClNO3/c1-9-6-7-11(16(20)21)8-13(9)18-15(19)12-5-3-4-10(2)14(12)17/h3-8H,1-2H3,(H,18,19)(H,20,21). The molecule has 1 amide bonds. The van der Waals surface area contributed by atoms with Crippen molar-refractivity contribution in [3.8, 4) is 0 Å². The SMILES string of the molecule is Cc1ccc(C(=O)O)cc1NC(=O)c1cccc(C)c1Cl. The van der Waals surface area contributed by atoms with Crippen molar-refractivity contribution in [2.75, 3.05) is 5.32 Å². The summed E-state index contributed by atoms with van der Waals surface area (Å²) in [6.45, 7) is 3.61. The van der Waals surface area contributed by atoms with Gasteiger partial charge in [0.25, 0.3) is 5.91 Å². The van der Waals surface area contributed by atoms with Gasteiger partial charge in [0, 0.05) is 5.69 Å². The van der Waals surface area contributed by atoms with Gasteiger partial charge in [0.2, 0.25) is 0 Å². The zero-order valence-corrected chi connectivity index (χ0v) is 12.4. The van der Waals surface area contributed by atoms with Crippen LogP contribution >= 0.6 is 11.6 Å². The van der Waals surface area contributed by atoms with Crippen LogP contribution in [0.25, 0.3) is 0 Å². The van der Waals surface area contributed by atoms with Crippen molar-refractivity contribution in [2.24, 2.45) is 0 Å². The first kappa shape index (κ1) is 15.1. The van der Waals surface area contributed by atoms with E-state index in [1.54, 1.807) is 25.1 Å². The van der Waals surface area contributed by atoms with Gasteiger partial charge < -0.3 is 10.4 Å². The summed E-state index contributed by atoms with van der Waals surface area (Å²) in [7, 11) is 0. The number of hydrogen-bond acceptors (Lipinski definition) is 2. The van der Waals surface area contributed by atoms with Gasteiger partial charge in [-0.05, 0) is 43.2 Å². The van der Waals surface area contributed by atoms with E-state index in [0.29, 0.717) is 16.3 Å². The van der Waals surface area contributed by atoms with Crippen LogP contribution < -0.4 is 5.32 Å². The predicted octanol–water partition coefficient (Wildman–Crippen LogP) is 3.91. The molecule has 0 saturated carbocycles. The van der Waals surface area contributed by atoms with Crippen LogP contribution in [0.5, 0.6) is 0 Å². The molecular formula is C16H14ClNO3. The number of rotatable bonds is 3. The Morgan fingerprint density at radius 2 is 1.81 bits per heavy atom. The number of carbonyl (C=O) groups excluding carboxylic acids is 1. The van der Waals surface area contributed by atoms with Crippen molar-refractivity contribution in [1.82, 2.24) is 0 Å². The molecule has 0 fully saturated rings. The topological polar surface area (TPSA) is 66.4 Å². The first-order valence-electron chi connectivity index (χ1n) is 6.30. The summed E-state index contributed by atoms with van der Waals surface area (Å²) in [6.07, 6.45) is 0. The van der Waals surface area contributed by atoms with Gasteiger partial charge in [0.1, 0.15) is 0 Å². The van der Waals surface area contributed by atoms with Gasteiger partial charge in [-0.15, -0.1) is 0 Å². The average molecular weight is 304 g/mol. The summed E-state index contributed by atoms with van der Waals surface area (Å²) < 4.78 is 0. The van der Waals surface area contributed by atoms with E-state index >= 15 is 0 Å². The summed E-state index contributed by atoms with van der Waals surface area (Å²) in [5.74, 6) is -1.41. The molecule has 0 unspecified atom stereocenters. The molecule has 0 aromatic heterocycles. The van der Waals surface area contributed by atoms with E-state index in [1.165, 1.54) is 12.1 Å². The number of aromatic carboxylic acids is 1. The Bertz CT molecular complexity index is 725. The molecule has 0 radical (unpaired) electrons. The summed E-state index contributed by atoms with van der Waals surface area (Å²) >= 11 is 6.12. The number of amides is 1. The largest absolute Gasteiger partial charge is 0.478 e. The summed E-state index contributed by atoms with van der Waals surface area (Å²) in [5.41, 5.74) is 2.51. The maximum atomic E-state index is 12.3. The number of anilines is 1. The highest BCUT2D eigenvalue weighted by Crippen LogP contribution is 2.23. The maximum absolute atomic E-state index is 12.3. The molecule has 5 heteroatoms. The fourth-order valence-corrected chi connectivity index (χ4v) is 2.11. The highest BCUT2D eigenvalue weighted by molar-refractivity contribution is 6.35. The Morgan fingerprint density at radius 1 is 1.10 bits per heavy atom. The number of carbonyl (C=O) groups is 2. The maximum Gasteiger partial charge on any atom is 0.335 e. The van der Waals surface area contributed by atoms with E-state index in [0.717, 1.165) is 11.1 Å². The van der Waals surface area contributed by atoms with E-state index in [-0.39, 0.29) is 11.5 Å². The fraction of sp³-hybridized carbons (Fsp3) is 0.125. The molecule has 21 heavy (non-hydrogen) atoms. The Kier molecular flexibility index (Phi) is 4.29. The molecule has 2 N–H and O–H groups in total. The van der Waals surface area contributed by atoms with Gasteiger partial charge in [-0.2, -0.15) is 0 Å². The van der Waals surface area contributed by atoms with E-state index in [2.05, 4.69) is 5.32 Å². The van der Waals surface area contributed by atoms with E-state index < -0.39 is 5.97 Å². The van der Waals surface area contributed by atoms with Crippen molar-refractivity contribution < 1.29 is 14.7 Å². The molecule has 0 aliphatic heterocycles. The summed E-state index contributed by atoms with van der Waals surface area (Å²) in [6, 6.07) is 9.76. The number of halogens is 1. The Balaban J connectivity index is 2.33. The number of carboxylic acid groups (broad SMARTS) is 1. The lowest BCUT2D eigenvalue weighted by molar-refractivity contribution is 0.0696. The van der Waals surface area contributed by atoms with Crippen LogP contribution in [0.1, 0.15) is 31.8 Å². The Hall–Kier alpha value is -2.33. The van der Waals surface area contributed by atoms with E-state index in [9.17, 15) is 9.59 Å². The number of nitrogens with one attached hydrogen (secondary N) is 1. The van der Waals surface area contributed by atoms with Crippen molar-refractivity contribution in [2.45, 2.75) is 13.8 Å². The van der Waals surface area contributed by atoms with Gasteiger partial charge in [0.15, 0.2) is 0 Å². The first-order chi connectivity index (χ1) is 9.90. The van der Waals surface area contributed by atoms with Crippen LogP contribution in [0, 0.1) is 13.8 Å². The molecule has 2 aromatic rings. The first-order valence-corrected chi connectivity index (χ1v) is 6.68. The minimum Gasteiger partial charge on any atom is -0.478 e. The molecule has 2 aromatic carbocycles. The Morgan fingerprint density at radius 3 is 2.48 bits per heavy atom. The number of hydrogen-bond donors (Lipinski definition) is 2. The smallest absolute Gasteiger partial charge is 0.335 e. The van der Waals surface area contributed by atoms with Crippen LogP contribution in [-0.4, -0.2) is 17.0 Å². The number of carboxylic acids is 1. The molecular weight excluding hydrogens is 290 g/mol. The van der Waals surface area contributed by atoms with Gasteiger partial charge in [0.05, 0.1) is 16.1 Å². The lowest BCUT2D eigenvalue weighted by Crippen LogP contribution is -2.14. The van der Waals surface area contributed by atoms with Gasteiger partial charge in [-0.3, -0.25) is 4.79 Å². The van der Waals surface area contributed by atoms with Crippen LogP contribution in [0.2, 0.25) is 5.02 Å². The molecule has 0 heterocycles. The van der Waals surface area contributed by atoms with Crippen LogP contribution in [0.4, 0.5) is 5.69 Å². The lowest BCUT2D eigenvalue weighted by Gasteiger charge is -2.11. The molecule has 0 spiro atoms. The number of benzene rings is 2. The summed E-state index contributed by atoms with van der Waals surface area (Å²) in [5, 5.41) is 12.1. The quantitative estimate of drug-likeness (QED) is 0.903. The Labute approximate surface area is 127 Å². The monoisotopic (exact) mass is 303 g/mol. The highest BCUT2D eigenvalue weighted by atomic mass is 35.5. The van der Waals surface area contributed by atoms with E-state index in [4.69, 9.17) is 16.7 Å². The lowest BCUT2D eigenvalue weighted by atomic mass is 10.1. The second-order valence-corrected chi connectivity index (χ2v) is 5.10. The van der Waals surface area contributed by atoms with Crippen LogP contribution in [0.3, 0.4) is 0 Å². The highest BCUT2D eigenvalue weighted by Gasteiger charge is 2.14. The molecule has 108 valence electrons. The second kappa shape index (κ2) is 5.97. The molecule has 4 nitrogen and oxygen atoms in total.